The summed E-state index contributed by atoms with van der Waals surface area (Å²) < 4.78 is 10.3. The minimum Gasteiger partial charge on any atom is -0.465 e. The lowest BCUT2D eigenvalue weighted by Crippen LogP contribution is -2.03. The molecule has 18 heavy (non-hydrogen) atoms. The highest BCUT2D eigenvalue weighted by molar-refractivity contribution is 7.14. The van der Waals surface area contributed by atoms with Crippen molar-refractivity contribution in [3.63, 3.8) is 0 Å². The molecule has 2 aromatic heterocycles. The minimum absolute atomic E-state index is 0.256. The number of esters is 1. The molecule has 4 nitrogen and oxygen atoms in total. The number of hydrogen-bond acceptors (Lipinski definition) is 5. The van der Waals surface area contributed by atoms with Crippen molar-refractivity contribution >= 4 is 29.3 Å². The SMILES string of the molecule is Cc1ccc(C2=N/C(=C\c3ccco3)C(=O)O2)s1. The number of hydrogen-bond donors (Lipinski definition) is 0. The second-order valence-corrected chi connectivity index (χ2v) is 5.05. The molecule has 0 aromatic carbocycles. The summed E-state index contributed by atoms with van der Waals surface area (Å²) >= 11 is 1.54. The van der Waals surface area contributed by atoms with Crippen molar-refractivity contribution in [3.05, 3.63) is 51.7 Å². The first-order valence-corrected chi connectivity index (χ1v) is 6.17. The summed E-state index contributed by atoms with van der Waals surface area (Å²) in [6.45, 7) is 1.99. The van der Waals surface area contributed by atoms with E-state index in [0.29, 0.717) is 11.7 Å². The molecule has 3 rings (SSSR count). The van der Waals surface area contributed by atoms with E-state index < -0.39 is 5.97 Å². The molecule has 0 aliphatic carbocycles. The van der Waals surface area contributed by atoms with Gasteiger partial charge < -0.3 is 9.15 Å². The van der Waals surface area contributed by atoms with E-state index in [1.54, 1.807) is 24.5 Å². The predicted molar refractivity (Wildman–Crippen MR) is 68.4 cm³/mol. The molecule has 0 unspecified atom stereocenters. The average Bonchev–Trinajstić information content (AvgIpc) is 3.03. The second kappa shape index (κ2) is 4.27. The molecule has 0 atom stereocenters. The van der Waals surface area contributed by atoms with Crippen LogP contribution < -0.4 is 0 Å². The smallest absolute Gasteiger partial charge is 0.363 e. The first kappa shape index (κ1) is 11.0. The number of carbonyl (C=O) groups excluding carboxylic acids is 1. The van der Waals surface area contributed by atoms with E-state index in [-0.39, 0.29) is 5.70 Å². The van der Waals surface area contributed by atoms with Gasteiger partial charge in [0.1, 0.15) is 5.76 Å². The van der Waals surface area contributed by atoms with Crippen molar-refractivity contribution in [1.29, 1.82) is 0 Å². The first-order valence-electron chi connectivity index (χ1n) is 5.35. The molecule has 0 spiro atoms. The number of ether oxygens (including phenoxy) is 1. The molecule has 5 heteroatoms. The molecular formula is C13H9NO3S. The molecular weight excluding hydrogens is 250 g/mol. The minimum atomic E-state index is -0.451. The van der Waals surface area contributed by atoms with Gasteiger partial charge >= 0.3 is 5.97 Å². The van der Waals surface area contributed by atoms with Crippen LogP contribution in [0.5, 0.6) is 0 Å². The fourth-order valence-corrected chi connectivity index (χ4v) is 2.37. The van der Waals surface area contributed by atoms with Crippen LogP contribution in [0.15, 0.2) is 45.6 Å². The fourth-order valence-electron chi connectivity index (χ4n) is 1.57. The zero-order chi connectivity index (χ0) is 12.5. The zero-order valence-electron chi connectivity index (χ0n) is 9.54. The lowest BCUT2D eigenvalue weighted by Gasteiger charge is -1.92. The quantitative estimate of drug-likeness (QED) is 0.615. The highest BCUT2D eigenvalue weighted by Gasteiger charge is 2.25. The number of nitrogens with zero attached hydrogens (tertiary/aromatic N) is 1. The Morgan fingerprint density at radius 2 is 2.22 bits per heavy atom. The van der Waals surface area contributed by atoms with E-state index in [4.69, 9.17) is 9.15 Å². The van der Waals surface area contributed by atoms with Crippen LogP contribution in [0.2, 0.25) is 0 Å². The van der Waals surface area contributed by atoms with Crippen molar-refractivity contribution in [3.8, 4) is 0 Å². The van der Waals surface area contributed by atoms with E-state index >= 15 is 0 Å². The van der Waals surface area contributed by atoms with Crippen molar-refractivity contribution < 1.29 is 13.9 Å². The van der Waals surface area contributed by atoms with Gasteiger partial charge in [0.25, 0.3) is 0 Å². The standard InChI is InChI=1S/C13H9NO3S/c1-8-4-5-11(18-8)12-14-10(13(15)17-12)7-9-3-2-6-16-9/h2-7H,1H3/b10-7-. The highest BCUT2D eigenvalue weighted by Crippen LogP contribution is 2.23. The van der Waals surface area contributed by atoms with Crippen LogP contribution in [0.4, 0.5) is 0 Å². The molecule has 0 saturated carbocycles. The summed E-state index contributed by atoms with van der Waals surface area (Å²) in [5, 5.41) is 0. The number of rotatable bonds is 2. The van der Waals surface area contributed by atoms with Gasteiger partial charge in [0.15, 0.2) is 5.70 Å². The Morgan fingerprint density at radius 3 is 2.89 bits per heavy atom. The van der Waals surface area contributed by atoms with Crippen LogP contribution in [-0.4, -0.2) is 11.9 Å². The maximum absolute atomic E-state index is 11.6. The number of furan rings is 1. The van der Waals surface area contributed by atoms with Gasteiger partial charge in [0.2, 0.25) is 5.90 Å². The number of thiophene rings is 1. The Kier molecular flexibility index (Phi) is 2.60. The normalized spacial score (nSPS) is 17.1. The molecule has 0 amide bonds. The molecule has 3 heterocycles. The van der Waals surface area contributed by atoms with Crippen LogP contribution >= 0.6 is 11.3 Å². The van der Waals surface area contributed by atoms with Crippen molar-refractivity contribution in [1.82, 2.24) is 0 Å². The van der Waals surface area contributed by atoms with Crippen LogP contribution in [0.25, 0.3) is 6.08 Å². The number of carbonyl (C=O) groups is 1. The van der Waals surface area contributed by atoms with Crippen molar-refractivity contribution in [2.45, 2.75) is 6.92 Å². The third-order valence-electron chi connectivity index (χ3n) is 2.39. The summed E-state index contributed by atoms with van der Waals surface area (Å²) in [6.07, 6.45) is 3.11. The predicted octanol–water partition coefficient (Wildman–Crippen LogP) is 2.99. The Bertz CT molecular complexity index is 650. The first-order chi connectivity index (χ1) is 8.72. The Morgan fingerprint density at radius 1 is 1.33 bits per heavy atom. The fraction of sp³-hybridized carbons (Fsp3) is 0.0769. The number of aryl methyl sites for hydroxylation is 1. The van der Waals surface area contributed by atoms with Gasteiger partial charge in [-0.3, -0.25) is 0 Å². The van der Waals surface area contributed by atoms with E-state index in [1.165, 1.54) is 11.3 Å². The summed E-state index contributed by atoms with van der Waals surface area (Å²) in [5.41, 5.74) is 0.256. The molecule has 0 saturated heterocycles. The molecule has 0 fully saturated rings. The number of cyclic esters (lactones) is 1. The third kappa shape index (κ3) is 2.00. The van der Waals surface area contributed by atoms with Gasteiger partial charge in [-0.2, -0.15) is 0 Å². The third-order valence-corrected chi connectivity index (χ3v) is 3.38. The van der Waals surface area contributed by atoms with E-state index in [9.17, 15) is 4.79 Å². The molecule has 1 aliphatic rings. The summed E-state index contributed by atoms with van der Waals surface area (Å²) in [7, 11) is 0. The topological polar surface area (TPSA) is 51.8 Å². The van der Waals surface area contributed by atoms with Gasteiger partial charge in [0, 0.05) is 11.0 Å². The summed E-state index contributed by atoms with van der Waals surface area (Å²) in [5.74, 6) is 0.484. The van der Waals surface area contributed by atoms with Gasteiger partial charge in [-0.05, 0) is 31.2 Å². The van der Waals surface area contributed by atoms with Gasteiger partial charge in [-0.25, -0.2) is 9.79 Å². The van der Waals surface area contributed by atoms with Crippen LogP contribution in [0.1, 0.15) is 15.5 Å². The Balaban J connectivity index is 1.94. The van der Waals surface area contributed by atoms with Crippen LogP contribution in [-0.2, 0) is 9.53 Å². The van der Waals surface area contributed by atoms with Crippen molar-refractivity contribution in [2.75, 3.05) is 0 Å². The van der Waals surface area contributed by atoms with Crippen LogP contribution in [0, 0.1) is 6.92 Å². The van der Waals surface area contributed by atoms with Crippen LogP contribution in [0.3, 0.4) is 0 Å². The number of aliphatic imine (C=N–C) groups is 1. The van der Waals surface area contributed by atoms with Crippen molar-refractivity contribution in [2.24, 2.45) is 4.99 Å². The molecule has 1 aliphatic heterocycles. The van der Waals surface area contributed by atoms with E-state index in [0.717, 1.165) is 9.75 Å². The van der Waals surface area contributed by atoms with Gasteiger partial charge in [-0.15, -0.1) is 11.3 Å². The lowest BCUT2D eigenvalue weighted by atomic mass is 10.3. The summed E-state index contributed by atoms with van der Waals surface area (Å²) in [4.78, 5) is 17.8. The highest BCUT2D eigenvalue weighted by atomic mass is 32.1. The maximum atomic E-state index is 11.6. The monoisotopic (exact) mass is 259 g/mol. The second-order valence-electron chi connectivity index (χ2n) is 3.76. The maximum Gasteiger partial charge on any atom is 0.363 e. The average molecular weight is 259 g/mol. The van der Waals surface area contributed by atoms with E-state index in [2.05, 4.69) is 4.99 Å². The Hall–Kier alpha value is -2.14. The zero-order valence-corrected chi connectivity index (χ0v) is 10.4. The Labute approximate surface area is 107 Å². The largest absolute Gasteiger partial charge is 0.465 e. The molecule has 2 aromatic rings. The molecule has 0 bridgehead atoms. The molecule has 0 N–H and O–H groups in total. The van der Waals surface area contributed by atoms with E-state index in [1.807, 2.05) is 19.1 Å². The molecule has 90 valence electrons. The lowest BCUT2D eigenvalue weighted by molar-refractivity contribution is -0.129. The van der Waals surface area contributed by atoms with Gasteiger partial charge in [-0.1, -0.05) is 0 Å². The van der Waals surface area contributed by atoms with Gasteiger partial charge in [0.05, 0.1) is 11.1 Å². The molecule has 0 radical (unpaired) electrons. The summed E-state index contributed by atoms with van der Waals surface area (Å²) in [6, 6.07) is 7.36.